The Bertz CT molecular complexity index is 860. The topological polar surface area (TPSA) is 46.0 Å². The Morgan fingerprint density at radius 1 is 1.33 bits per heavy atom. The normalized spacial score (nSPS) is 11.3. The third kappa shape index (κ3) is 3.04. The van der Waals surface area contributed by atoms with Gasteiger partial charge in [0.15, 0.2) is 5.82 Å². The summed E-state index contributed by atoms with van der Waals surface area (Å²) < 4.78 is 3.18. The van der Waals surface area contributed by atoms with Crippen molar-refractivity contribution < 1.29 is 0 Å². The van der Waals surface area contributed by atoms with Gasteiger partial charge in [-0.2, -0.15) is 14.9 Å². The number of H-pyrrole nitrogens is 1. The molecule has 0 aliphatic rings. The molecule has 3 aromatic rings. The molecule has 0 aliphatic heterocycles. The van der Waals surface area contributed by atoms with Crippen LogP contribution >= 0.6 is 39.5 Å². The van der Waals surface area contributed by atoms with Gasteiger partial charge in [-0.15, -0.1) is 11.3 Å². The SMILES string of the molecule is Cc1ccccc1-c1n[nH]c(=S)n1/N=C/c1ccc(Br)s1. The smallest absolute Gasteiger partial charge is 0.216 e. The summed E-state index contributed by atoms with van der Waals surface area (Å²) in [5.41, 5.74) is 2.14. The predicted molar refractivity (Wildman–Crippen MR) is 92.6 cm³/mol. The Morgan fingerprint density at radius 3 is 2.86 bits per heavy atom. The first kappa shape index (κ1) is 14.4. The summed E-state index contributed by atoms with van der Waals surface area (Å²) in [6, 6.07) is 12.0. The number of thiophene rings is 1. The van der Waals surface area contributed by atoms with Gasteiger partial charge < -0.3 is 0 Å². The summed E-state index contributed by atoms with van der Waals surface area (Å²) in [5, 5.41) is 11.5. The van der Waals surface area contributed by atoms with Crippen LogP contribution in [0.3, 0.4) is 0 Å². The average Bonchev–Trinajstić information content (AvgIpc) is 3.04. The zero-order chi connectivity index (χ0) is 14.8. The molecule has 1 aromatic carbocycles. The van der Waals surface area contributed by atoms with E-state index in [1.54, 1.807) is 22.2 Å². The zero-order valence-electron chi connectivity index (χ0n) is 11.1. The number of aromatic nitrogens is 3. The Morgan fingerprint density at radius 2 is 2.14 bits per heavy atom. The van der Waals surface area contributed by atoms with Crippen LogP contribution in [0.5, 0.6) is 0 Å². The molecule has 0 spiro atoms. The lowest BCUT2D eigenvalue weighted by Gasteiger charge is -2.03. The van der Waals surface area contributed by atoms with Gasteiger partial charge in [-0.1, -0.05) is 24.3 Å². The molecule has 7 heteroatoms. The maximum Gasteiger partial charge on any atom is 0.216 e. The molecule has 0 aliphatic carbocycles. The summed E-state index contributed by atoms with van der Waals surface area (Å²) in [4.78, 5) is 1.04. The van der Waals surface area contributed by atoms with Gasteiger partial charge in [0.2, 0.25) is 4.77 Å². The molecule has 2 heterocycles. The molecule has 0 radical (unpaired) electrons. The van der Waals surface area contributed by atoms with E-state index in [0.29, 0.717) is 10.6 Å². The summed E-state index contributed by atoms with van der Waals surface area (Å²) in [6.45, 7) is 2.04. The highest BCUT2D eigenvalue weighted by molar-refractivity contribution is 9.11. The van der Waals surface area contributed by atoms with Crippen LogP contribution in [-0.4, -0.2) is 21.1 Å². The number of benzene rings is 1. The number of hydrogen-bond donors (Lipinski definition) is 1. The molecule has 1 N–H and O–H groups in total. The summed E-state index contributed by atoms with van der Waals surface area (Å²) >= 11 is 10.3. The van der Waals surface area contributed by atoms with Crippen molar-refractivity contribution in [2.45, 2.75) is 6.92 Å². The minimum atomic E-state index is 0.472. The van der Waals surface area contributed by atoms with Gasteiger partial charge in [-0.05, 0) is 52.8 Å². The molecule has 106 valence electrons. The van der Waals surface area contributed by atoms with Crippen LogP contribution in [0.25, 0.3) is 11.4 Å². The fourth-order valence-corrected chi connectivity index (χ4v) is 3.38. The highest BCUT2D eigenvalue weighted by atomic mass is 79.9. The van der Waals surface area contributed by atoms with Crippen LogP contribution in [0.4, 0.5) is 0 Å². The number of halogens is 1. The standard InChI is InChI=1S/C14H11BrN4S2/c1-9-4-2-3-5-11(9)13-17-18-14(20)19(13)16-8-10-6-7-12(15)21-10/h2-8H,1H3,(H,18,20)/b16-8+. The van der Waals surface area contributed by atoms with Crippen LogP contribution in [-0.2, 0) is 0 Å². The monoisotopic (exact) mass is 378 g/mol. The van der Waals surface area contributed by atoms with Crippen molar-refractivity contribution in [1.29, 1.82) is 0 Å². The summed E-state index contributed by atoms with van der Waals surface area (Å²) in [7, 11) is 0. The van der Waals surface area contributed by atoms with Gasteiger partial charge in [0.1, 0.15) is 0 Å². The molecule has 21 heavy (non-hydrogen) atoms. The van der Waals surface area contributed by atoms with Crippen LogP contribution in [0, 0.1) is 11.7 Å². The first-order chi connectivity index (χ1) is 10.1. The van der Waals surface area contributed by atoms with Crippen LogP contribution < -0.4 is 0 Å². The minimum Gasteiger partial charge on any atom is -0.250 e. The van der Waals surface area contributed by atoms with Crippen LogP contribution in [0.2, 0.25) is 0 Å². The highest BCUT2D eigenvalue weighted by Crippen LogP contribution is 2.22. The van der Waals surface area contributed by atoms with Crippen molar-refractivity contribution in [2.24, 2.45) is 5.10 Å². The largest absolute Gasteiger partial charge is 0.250 e. The fourth-order valence-electron chi connectivity index (χ4n) is 1.91. The summed E-state index contributed by atoms with van der Waals surface area (Å²) in [6.07, 6.45) is 1.78. The van der Waals surface area contributed by atoms with Gasteiger partial charge in [0, 0.05) is 10.4 Å². The maximum atomic E-state index is 5.26. The van der Waals surface area contributed by atoms with Gasteiger partial charge in [0.05, 0.1) is 10.0 Å². The van der Waals surface area contributed by atoms with E-state index in [9.17, 15) is 0 Å². The minimum absolute atomic E-state index is 0.472. The Hall–Kier alpha value is -1.57. The van der Waals surface area contributed by atoms with Gasteiger partial charge >= 0.3 is 0 Å². The maximum absolute atomic E-state index is 5.26. The molecule has 0 atom stereocenters. The van der Waals surface area contributed by atoms with Crippen molar-refractivity contribution in [1.82, 2.24) is 14.9 Å². The number of nitrogens with one attached hydrogen (secondary N) is 1. The predicted octanol–water partition coefficient (Wildman–Crippen LogP) is 4.62. The average molecular weight is 379 g/mol. The number of nitrogens with zero attached hydrogens (tertiary/aromatic N) is 3. The van der Waals surface area contributed by atoms with E-state index in [4.69, 9.17) is 12.2 Å². The lowest BCUT2D eigenvalue weighted by atomic mass is 10.1. The lowest BCUT2D eigenvalue weighted by molar-refractivity contribution is 0.871. The third-order valence-corrected chi connectivity index (χ3v) is 4.75. The Balaban J connectivity index is 2.04. The fraction of sp³-hybridized carbons (Fsp3) is 0.0714. The van der Waals surface area contributed by atoms with E-state index >= 15 is 0 Å². The van der Waals surface area contributed by atoms with Crippen molar-refractivity contribution >= 4 is 45.7 Å². The van der Waals surface area contributed by atoms with E-state index in [2.05, 4.69) is 31.2 Å². The lowest BCUT2D eigenvalue weighted by Crippen LogP contribution is -1.95. The highest BCUT2D eigenvalue weighted by Gasteiger charge is 2.10. The molecule has 3 rings (SSSR count). The second-order valence-electron chi connectivity index (χ2n) is 4.37. The number of rotatable bonds is 3. The van der Waals surface area contributed by atoms with E-state index in [1.807, 2.05) is 43.3 Å². The second kappa shape index (κ2) is 6.05. The number of hydrogen-bond acceptors (Lipinski definition) is 4. The van der Waals surface area contributed by atoms with E-state index in [0.717, 1.165) is 19.8 Å². The molecule has 0 unspecified atom stereocenters. The molecule has 0 saturated carbocycles. The molecule has 0 amide bonds. The van der Waals surface area contributed by atoms with Crippen LogP contribution in [0.15, 0.2) is 45.3 Å². The molecule has 0 fully saturated rings. The molecule has 4 nitrogen and oxygen atoms in total. The summed E-state index contributed by atoms with van der Waals surface area (Å²) in [5.74, 6) is 0.713. The van der Waals surface area contributed by atoms with Gasteiger partial charge in [-0.25, -0.2) is 5.10 Å². The van der Waals surface area contributed by atoms with Crippen molar-refractivity contribution in [3.63, 3.8) is 0 Å². The van der Waals surface area contributed by atoms with E-state index < -0.39 is 0 Å². The molecule has 0 saturated heterocycles. The second-order valence-corrected chi connectivity index (χ2v) is 7.25. The van der Waals surface area contributed by atoms with E-state index in [-0.39, 0.29) is 0 Å². The zero-order valence-corrected chi connectivity index (χ0v) is 14.3. The van der Waals surface area contributed by atoms with Gasteiger partial charge in [0.25, 0.3) is 0 Å². The molecule has 0 bridgehead atoms. The number of aryl methyl sites for hydroxylation is 1. The van der Waals surface area contributed by atoms with Crippen molar-refractivity contribution in [3.05, 3.63) is 55.4 Å². The Kier molecular flexibility index (Phi) is 4.14. The van der Waals surface area contributed by atoms with Crippen LogP contribution in [0.1, 0.15) is 10.4 Å². The third-order valence-electron chi connectivity index (χ3n) is 2.93. The van der Waals surface area contributed by atoms with Gasteiger partial charge in [-0.3, -0.25) is 0 Å². The Labute approximate surface area is 139 Å². The van der Waals surface area contributed by atoms with Crippen molar-refractivity contribution in [2.75, 3.05) is 0 Å². The van der Waals surface area contributed by atoms with Crippen molar-refractivity contribution in [3.8, 4) is 11.4 Å². The first-order valence-corrected chi connectivity index (χ1v) is 8.20. The quantitative estimate of drug-likeness (QED) is 0.533. The van der Waals surface area contributed by atoms with E-state index in [1.165, 1.54) is 0 Å². The first-order valence-electron chi connectivity index (χ1n) is 6.18. The molecular weight excluding hydrogens is 368 g/mol. The number of aromatic amines is 1. The molecular formula is C14H11BrN4S2. The molecule has 2 aromatic heterocycles.